The van der Waals surface area contributed by atoms with Gasteiger partial charge in [0.2, 0.25) is 0 Å². The van der Waals surface area contributed by atoms with Crippen molar-refractivity contribution < 1.29 is 9.15 Å². The number of nitrogens with zero attached hydrogens (tertiary/aromatic N) is 1. The Balaban J connectivity index is 2.51. The highest BCUT2D eigenvalue weighted by Crippen LogP contribution is 2.31. The van der Waals surface area contributed by atoms with Crippen LogP contribution in [0.25, 0.3) is 11.3 Å². The zero-order valence-electron chi connectivity index (χ0n) is 10.1. The van der Waals surface area contributed by atoms with Crippen LogP contribution < -0.4 is 10.5 Å². The van der Waals surface area contributed by atoms with Crippen molar-refractivity contribution >= 4 is 0 Å². The lowest BCUT2D eigenvalue weighted by molar-refractivity contribution is 0.416. The fourth-order valence-electron chi connectivity index (χ4n) is 1.82. The molecule has 0 unspecified atom stereocenters. The first-order valence-corrected chi connectivity index (χ1v) is 5.56. The number of aromatic nitrogens is 1. The summed E-state index contributed by atoms with van der Waals surface area (Å²) >= 11 is 0. The lowest BCUT2D eigenvalue weighted by Crippen LogP contribution is -2.03. The molecule has 0 saturated carbocycles. The van der Waals surface area contributed by atoms with Gasteiger partial charge in [0.1, 0.15) is 17.2 Å². The Morgan fingerprint density at radius 2 is 2.12 bits per heavy atom. The highest BCUT2D eigenvalue weighted by Gasteiger charge is 2.15. The second-order valence-corrected chi connectivity index (χ2v) is 3.74. The molecule has 0 aliphatic rings. The van der Waals surface area contributed by atoms with Crippen molar-refractivity contribution in [2.75, 3.05) is 13.7 Å². The second kappa shape index (κ2) is 5.01. The highest BCUT2D eigenvalue weighted by molar-refractivity contribution is 5.68. The third kappa shape index (κ3) is 2.31. The van der Waals surface area contributed by atoms with Crippen LogP contribution >= 0.6 is 0 Å². The van der Waals surface area contributed by atoms with Crippen LogP contribution in [0.15, 0.2) is 28.7 Å². The minimum Gasteiger partial charge on any atom is -0.496 e. The summed E-state index contributed by atoms with van der Waals surface area (Å²) in [6.07, 6.45) is 0.675. The first kappa shape index (κ1) is 11.7. The molecule has 2 aromatic rings. The van der Waals surface area contributed by atoms with E-state index in [2.05, 4.69) is 4.98 Å². The maximum Gasteiger partial charge on any atom is 0.191 e. The predicted octanol–water partition coefficient (Wildman–Crippen LogP) is 2.16. The number of ether oxygens (including phenoxy) is 1. The maximum absolute atomic E-state index is 5.57. The molecule has 0 aliphatic carbocycles. The molecule has 4 heteroatoms. The predicted molar refractivity (Wildman–Crippen MR) is 66.0 cm³/mol. The number of aryl methyl sites for hydroxylation is 1. The van der Waals surface area contributed by atoms with Crippen molar-refractivity contribution in [1.82, 2.24) is 4.98 Å². The Morgan fingerprint density at radius 3 is 2.82 bits per heavy atom. The summed E-state index contributed by atoms with van der Waals surface area (Å²) in [6, 6.07) is 7.76. The molecule has 0 aliphatic heterocycles. The number of para-hydroxylation sites is 1. The minimum atomic E-state index is 0.538. The van der Waals surface area contributed by atoms with Crippen molar-refractivity contribution in [2.24, 2.45) is 5.73 Å². The SMILES string of the molecule is COc1ccccc1-c1nc(C)oc1CCN. The smallest absolute Gasteiger partial charge is 0.191 e. The van der Waals surface area contributed by atoms with Crippen LogP contribution in [-0.4, -0.2) is 18.6 Å². The molecule has 2 rings (SSSR count). The average molecular weight is 232 g/mol. The summed E-state index contributed by atoms with van der Waals surface area (Å²) in [5.74, 6) is 2.25. The summed E-state index contributed by atoms with van der Waals surface area (Å²) in [5.41, 5.74) is 7.33. The Morgan fingerprint density at radius 1 is 1.35 bits per heavy atom. The zero-order chi connectivity index (χ0) is 12.3. The fraction of sp³-hybridized carbons (Fsp3) is 0.308. The van der Waals surface area contributed by atoms with Crippen molar-refractivity contribution in [3.63, 3.8) is 0 Å². The van der Waals surface area contributed by atoms with E-state index in [9.17, 15) is 0 Å². The van der Waals surface area contributed by atoms with E-state index in [0.717, 1.165) is 22.8 Å². The van der Waals surface area contributed by atoms with Crippen molar-refractivity contribution in [3.8, 4) is 17.0 Å². The molecule has 90 valence electrons. The van der Waals surface area contributed by atoms with Gasteiger partial charge in [-0.25, -0.2) is 4.98 Å². The third-order valence-electron chi connectivity index (χ3n) is 2.54. The molecule has 1 aromatic carbocycles. The lowest BCUT2D eigenvalue weighted by atomic mass is 10.1. The van der Waals surface area contributed by atoms with Crippen molar-refractivity contribution in [1.29, 1.82) is 0 Å². The van der Waals surface area contributed by atoms with Gasteiger partial charge in [0.05, 0.1) is 7.11 Å². The van der Waals surface area contributed by atoms with Gasteiger partial charge in [0.15, 0.2) is 5.89 Å². The standard InChI is InChI=1S/C13H16N2O2/c1-9-15-13(12(17-9)7-8-14)10-5-3-4-6-11(10)16-2/h3-6H,7-8,14H2,1-2H3. The molecule has 2 N–H and O–H groups in total. The van der Waals surface area contributed by atoms with E-state index in [1.165, 1.54) is 0 Å². The quantitative estimate of drug-likeness (QED) is 0.877. The zero-order valence-corrected chi connectivity index (χ0v) is 10.1. The van der Waals surface area contributed by atoms with Crippen LogP contribution in [0.1, 0.15) is 11.7 Å². The van der Waals surface area contributed by atoms with Gasteiger partial charge in [-0.15, -0.1) is 0 Å². The van der Waals surface area contributed by atoms with Crippen LogP contribution in [0.5, 0.6) is 5.75 Å². The monoisotopic (exact) mass is 232 g/mol. The van der Waals surface area contributed by atoms with Gasteiger partial charge < -0.3 is 14.9 Å². The van der Waals surface area contributed by atoms with E-state index < -0.39 is 0 Å². The number of rotatable bonds is 4. The van der Waals surface area contributed by atoms with Gasteiger partial charge in [-0.1, -0.05) is 12.1 Å². The normalized spacial score (nSPS) is 10.5. The fourth-order valence-corrected chi connectivity index (χ4v) is 1.82. The summed E-state index contributed by atoms with van der Waals surface area (Å²) in [5, 5.41) is 0. The largest absolute Gasteiger partial charge is 0.496 e. The average Bonchev–Trinajstić information content (AvgIpc) is 2.71. The first-order chi connectivity index (χ1) is 8.26. The molecule has 0 fully saturated rings. The van der Waals surface area contributed by atoms with Crippen LogP contribution in [-0.2, 0) is 6.42 Å². The number of benzene rings is 1. The van der Waals surface area contributed by atoms with Gasteiger partial charge in [-0.3, -0.25) is 0 Å². The van der Waals surface area contributed by atoms with Crippen LogP contribution in [0.4, 0.5) is 0 Å². The number of oxazole rings is 1. The Hall–Kier alpha value is -1.81. The number of hydrogen-bond donors (Lipinski definition) is 1. The van der Waals surface area contributed by atoms with Gasteiger partial charge in [-0.2, -0.15) is 0 Å². The molecule has 1 heterocycles. The van der Waals surface area contributed by atoms with Gasteiger partial charge >= 0.3 is 0 Å². The molecule has 0 bridgehead atoms. The van der Waals surface area contributed by atoms with Crippen LogP contribution in [0, 0.1) is 6.92 Å². The molecule has 0 atom stereocenters. The minimum absolute atomic E-state index is 0.538. The van der Waals surface area contributed by atoms with Crippen LogP contribution in [0.2, 0.25) is 0 Å². The molecule has 0 amide bonds. The van der Waals surface area contributed by atoms with Crippen LogP contribution in [0.3, 0.4) is 0 Å². The summed E-state index contributed by atoms with van der Waals surface area (Å²) in [6.45, 7) is 2.37. The van der Waals surface area contributed by atoms with E-state index in [1.807, 2.05) is 31.2 Å². The number of hydrogen-bond acceptors (Lipinski definition) is 4. The maximum atomic E-state index is 5.57. The highest BCUT2D eigenvalue weighted by atomic mass is 16.5. The topological polar surface area (TPSA) is 61.3 Å². The number of methoxy groups -OCH3 is 1. The molecule has 0 spiro atoms. The van der Waals surface area contributed by atoms with Gasteiger partial charge in [-0.05, 0) is 18.7 Å². The van der Waals surface area contributed by atoms with E-state index in [4.69, 9.17) is 14.9 Å². The Labute approximate surface area is 100 Å². The summed E-state index contributed by atoms with van der Waals surface area (Å²) in [7, 11) is 1.65. The number of nitrogens with two attached hydrogens (primary N) is 1. The molecule has 17 heavy (non-hydrogen) atoms. The van der Waals surface area contributed by atoms with Gasteiger partial charge in [0.25, 0.3) is 0 Å². The molecule has 1 aromatic heterocycles. The van der Waals surface area contributed by atoms with Gasteiger partial charge in [0, 0.05) is 18.9 Å². The molecular weight excluding hydrogens is 216 g/mol. The van der Waals surface area contributed by atoms with Crippen molar-refractivity contribution in [3.05, 3.63) is 35.9 Å². The van der Waals surface area contributed by atoms with Crippen molar-refractivity contribution in [2.45, 2.75) is 13.3 Å². The molecule has 0 radical (unpaired) electrons. The molecule has 0 saturated heterocycles. The second-order valence-electron chi connectivity index (χ2n) is 3.74. The van der Waals surface area contributed by atoms with E-state index in [0.29, 0.717) is 18.9 Å². The Bertz CT molecular complexity index is 506. The third-order valence-corrected chi connectivity index (χ3v) is 2.54. The van der Waals surface area contributed by atoms with E-state index in [1.54, 1.807) is 7.11 Å². The molecule has 4 nitrogen and oxygen atoms in total. The van der Waals surface area contributed by atoms with E-state index in [-0.39, 0.29) is 0 Å². The molecular formula is C13H16N2O2. The summed E-state index contributed by atoms with van der Waals surface area (Å²) in [4.78, 5) is 4.41. The first-order valence-electron chi connectivity index (χ1n) is 5.56. The Kier molecular flexibility index (Phi) is 3.44. The summed E-state index contributed by atoms with van der Waals surface area (Å²) < 4.78 is 10.9. The van der Waals surface area contributed by atoms with E-state index >= 15 is 0 Å². The lowest BCUT2D eigenvalue weighted by Gasteiger charge is -2.06.